The van der Waals surface area contributed by atoms with E-state index in [0.717, 1.165) is 0 Å². The second-order valence-corrected chi connectivity index (χ2v) is 5.08. The second-order valence-electron chi connectivity index (χ2n) is 5.08. The molecular formula is C18H20N2O5. The van der Waals surface area contributed by atoms with E-state index in [1.165, 1.54) is 21.1 Å². The molecule has 0 atom stereocenters. The number of benzene rings is 2. The van der Waals surface area contributed by atoms with Gasteiger partial charge in [-0.3, -0.25) is 9.59 Å². The Hall–Kier alpha value is -3.22. The van der Waals surface area contributed by atoms with Crippen LogP contribution in [-0.4, -0.2) is 32.6 Å². The van der Waals surface area contributed by atoms with Gasteiger partial charge in [-0.25, -0.2) is 0 Å². The van der Waals surface area contributed by atoms with E-state index in [2.05, 4.69) is 10.6 Å². The third kappa shape index (κ3) is 5.13. The Morgan fingerprint density at radius 1 is 0.920 bits per heavy atom. The third-order valence-electron chi connectivity index (χ3n) is 3.24. The van der Waals surface area contributed by atoms with Crippen molar-refractivity contribution in [1.29, 1.82) is 0 Å². The van der Waals surface area contributed by atoms with Crippen LogP contribution < -0.4 is 24.8 Å². The number of methoxy groups -OCH3 is 2. The molecule has 2 N–H and O–H groups in total. The van der Waals surface area contributed by atoms with Crippen molar-refractivity contribution in [2.24, 2.45) is 0 Å². The van der Waals surface area contributed by atoms with Crippen molar-refractivity contribution < 1.29 is 23.8 Å². The maximum Gasteiger partial charge on any atom is 0.262 e. The quantitative estimate of drug-likeness (QED) is 0.806. The summed E-state index contributed by atoms with van der Waals surface area (Å²) in [5.41, 5.74) is 0.979. The van der Waals surface area contributed by atoms with Gasteiger partial charge in [-0.1, -0.05) is 12.1 Å². The number of amides is 2. The van der Waals surface area contributed by atoms with E-state index in [1.807, 2.05) is 0 Å². The van der Waals surface area contributed by atoms with Gasteiger partial charge in [0.15, 0.2) is 6.61 Å². The van der Waals surface area contributed by atoms with Gasteiger partial charge in [0, 0.05) is 13.0 Å². The highest BCUT2D eigenvalue weighted by Crippen LogP contribution is 2.29. The molecular weight excluding hydrogens is 324 g/mol. The van der Waals surface area contributed by atoms with Crippen LogP contribution in [0.15, 0.2) is 42.5 Å². The maximum absolute atomic E-state index is 12.2. The van der Waals surface area contributed by atoms with Crippen LogP contribution in [0.4, 0.5) is 11.4 Å². The number of rotatable bonds is 7. The van der Waals surface area contributed by atoms with Crippen LogP contribution in [0.5, 0.6) is 17.2 Å². The Labute approximate surface area is 145 Å². The highest BCUT2D eigenvalue weighted by Gasteiger charge is 2.11. The van der Waals surface area contributed by atoms with Crippen LogP contribution in [0, 0.1) is 0 Å². The summed E-state index contributed by atoms with van der Waals surface area (Å²) >= 11 is 0. The minimum absolute atomic E-state index is 0.221. The summed E-state index contributed by atoms with van der Waals surface area (Å²) in [6.45, 7) is 1.18. The molecule has 25 heavy (non-hydrogen) atoms. The minimum atomic E-state index is -0.371. The molecule has 0 unspecified atom stereocenters. The molecule has 0 heterocycles. The molecule has 7 heteroatoms. The van der Waals surface area contributed by atoms with E-state index in [4.69, 9.17) is 14.2 Å². The first-order chi connectivity index (χ1) is 12.0. The normalized spacial score (nSPS) is 9.88. The van der Waals surface area contributed by atoms with Gasteiger partial charge in [0.25, 0.3) is 5.91 Å². The van der Waals surface area contributed by atoms with E-state index in [-0.39, 0.29) is 18.4 Å². The highest BCUT2D eigenvalue weighted by atomic mass is 16.5. The van der Waals surface area contributed by atoms with E-state index in [1.54, 1.807) is 42.5 Å². The van der Waals surface area contributed by atoms with Crippen LogP contribution in [0.2, 0.25) is 0 Å². The number of nitrogens with one attached hydrogen (secondary N) is 2. The van der Waals surface area contributed by atoms with Crippen LogP contribution >= 0.6 is 0 Å². The summed E-state index contributed by atoms with van der Waals surface area (Å²) in [4.78, 5) is 23.4. The van der Waals surface area contributed by atoms with Gasteiger partial charge in [-0.05, 0) is 24.3 Å². The molecule has 132 valence electrons. The molecule has 0 aliphatic heterocycles. The average Bonchev–Trinajstić information content (AvgIpc) is 2.60. The molecule has 0 radical (unpaired) electrons. The van der Waals surface area contributed by atoms with E-state index in [9.17, 15) is 9.59 Å². The fraction of sp³-hybridized carbons (Fsp3) is 0.222. The van der Waals surface area contributed by atoms with Crippen molar-refractivity contribution >= 4 is 23.2 Å². The molecule has 0 aliphatic rings. The first kappa shape index (κ1) is 18.1. The zero-order valence-corrected chi connectivity index (χ0v) is 14.3. The van der Waals surface area contributed by atoms with Crippen molar-refractivity contribution in [2.45, 2.75) is 6.92 Å². The van der Waals surface area contributed by atoms with Crippen LogP contribution in [0.3, 0.4) is 0 Å². The second kappa shape index (κ2) is 8.58. The van der Waals surface area contributed by atoms with E-state index >= 15 is 0 Å². The molecule has 0 aliphatic carbocycles. The number of hydrogen-bond donors (Lipinski definition) is 2. The molecule has 0 spiro atoms. The Morgan fingerprint density at radius 3 is 2.36 bits per heavy atom. The average molecular weight is 344 g/mol. The summed E-state index contributed by atoms with van der Waals surface area (Å²) in [6.07, 6.45) is 0. The van der Waals surface area contributed by atoms with Crippen molar-refractivity contribution in [3.05, 3.63) is 42.5 Å². The smallest absolute Gasteiger partial charge is 0.262 e. The standard InChI is InChI=1S/C18H20N2O5/c1-12(21)19-14-6-4-5-7-17(14)25-11-18(22)20-15-10-13(23-2)8-9-16(15)24-3/h4-10H,11H2,1-3H3,(H,19,21)(H,20,22). The summed E-state index contributed by atoms with van der Waals surface area (Å²) < 4.78 is 15.9. The first-order valence-electron chi connectivity index (χ1n) is 7.54. The van der Waals surface area contributed by atoms with Crippen molar-refractivity contribution in [3.8, 4) is 17.2 Å². The monoisotopic (exact) mass is 344 g/mol. The summed E-state index contributed by atoms with van der Waals surface area (Å²) in [5.74, 6) is 0.914. The van der Waals surface area contributed by atoms with Crippen LogP contribution in [-0.2, 0) is 9.59 Å². The molecule has 0 saturated heterocycles. The lowest BCUT2D eigenvalue weighted by Gasteiger charge is -2.13. The molecule has 2 amide bonds. The topological polar surface area (TPSA) is 85.9 Å². The van der Waals surface area contributed by atoms with Crippen molar-refractivity contribution in [3.63, 3.8) is 0 Å². The largest absolute Gasteiger partial charge is 0.497 e. The minimum Gasteiger partial charge on any atom is -0.497 e. The van der Waals surface area contributed by atoms with Gasteiger partial charge < -0.3 is 24.8 Å². The van der Waals surface area contributed by atoms with E-state index < -0.39 is 0 Å². The number of carbonyl (C=O) groups excluding carboxylic acids is 2. The van der Waals surface area contributed by atoms with Gasteiger partial charge in [-0.2, -0.15) is 0 Å². The maximum atomic E-state index is 12.2. The number of para-hydroxylation sites is 2. The summed E-state index contributed by atoms with van der Waals surface area (Å²) in [5, 5.41) is 5.36. The molecule has 0 saturated carbocycles. The number of carbonyl (C=O) groups is 2. The third-order valence-corrected chi connectivity index (χ3v) is 3.24. The zero-order valence-electron chi connectivity index (χ0n) is 14.3. The van der Waals surface area contributed by atoms with Gasteiger partial charge in [0.2, 0.25) is 5.91 Å². The van der Waals surface area contributed by atoms with Crippen molar-refractivity contribution in [1.82, 2.24) is 0 Å². The number of anilines is 2. The lowest BCUT2D eigenvalue weighted by atomic mass is 10.2. The van der Waals surface area contributed by atoms with Gasteiger partial charge in [-0.15, -0.1) is 0 Å². The van der Waals surface area contributed by atoms with Crippen molar-refractivity contribution in [2.75, 3.05) is 31.5 Å². The van der Waals surface area contributed by atoms with E-state index in [0.29, 0.717) is 28.6 Å². The van der Waals surface area contributed by atoms with Gasteiger partial charge >= 0.3 is 0 Å². The Kier molecular flexibility index (Phi) is 6.22. The molecule has 0 fully saturated rings. The first-order valence-corrected chi connectivity index (χ1v) is 7.54. The number of ether oxygens (including phenoxy) is 3. The molecule has 7 nitrogen and oxygen atoms in total. The van der Waals surface area contributed by atoms with Crippen LogP contribution in [0.1, 0.15) is 6.92 Å². The molecule has 2 aromatic carbocycles. The van der Waals surface area contributed by atoms with Crippen LogP contribution in [0.25, 0.3) is 0 Å². The Bertz CT molecular complexity index is 761. The zero-order chi connectivity index (χ0) is 18.2. The fourth-order valence-corrected chi connectivity index (χ4v) is 2.13. The lowest BCUT2D eigenvalue weighted by molar-refractivity contribution is -0.118. The predicted octanol–water partition coefficient (Wildman–Crippen LogP) is 2.68. The molecule has 2 aromatic rings. The number of hydrogen-bond acceptors (Lipinski definition) is 5. The molecule has 2 rings (SSSR count). The SMILES string of the molecule is COc1ccc(OC)c(NC(=O)COc2ccccc2NC(C)=O)c1. The van der Waals surface area contributed by atoms with Gasteiger partial charge in [0.1, 0.15) is 17.2 Å². The summed E-state index contributed by atoms with van der Waals surface area (Å²) in [6, 6.07) is 12.0. The van der Waals surface area contributed by atoms with Gasteiger partial charge in [0.05, 0.1) is 25.6 Å². The molecule has 0 bridgehead atoms. The summed E-state index contributed by atoms with van der Waals surface area (Å²) in [7, 11) is 3.05. The lowest BCUT2D eigenvalue weighted by Crippen LogP contribution is -2.21. The fourth-order valence-electron chi connectivity index (χ4n) is 2.13. The Morgan fingerprint density at radius 2 is 1.68 bits per heavy atom. The highest BCUT2D eigenvalue weighted by molar-refractivity contribution is 5.94. The predicted molar refractivity (Wildman–Crippen MR) is 94.4 cm³/mol. The Balaban J connectivity index is 2.03. The molecule has 0 aromatic heterocycles.